The number of carbonyl (C=O) groups is 3. The number of carbonyl (C=O) groups excluding carboxylic acids is 3. The summed E-state index contributed by atoms with van der Waals surface area (Å²) in [6.07, 6.45) is 71.1. The number of rotatable bonds is 48. The van der Waals surface area contributed by atoms with Crippen LogP contribution in [0.2, 0.25) is 0 Å². The van der Waals surface area contributed by atoms with Crippen LogP contribution in [0.5, 0.6) is 0 Å². The molecule has 0 fully saturated rings. The highest BCUT2D eigenvalue weighted by molar-refractivity contribution is 7.47. The maximum atomic E-state index is 12.9. The van der Waals surface area contributed by atoms with Crippen molar-refractivity contribution in [2.75, 3.05) is 26.4 Å². The van der Waals surface area contributed by atoms with Gasteiger partial charge in [-0.2, -0.15) is 0 Å². The van der Waals surface area contributed by atoms with Gasteiger partial charge in [-0.3, -0.25) is 23.4 Å². The van der Waals surface area contributed by atoms with Gasteiger partial charge in [-0.25, -0.2) is 4.57 Å². The van der Waals surface area contributed by atoms with Crippen molar-refractivity contribution in [2.24, 2.45) is 0 Å². The van der Waals surface area contributed by atoms with Crippen LogP contribution in [0, 0.1) is 0 Å². The van der Waals surface area contributed by atoms with Gasteiger partial charge in [0.1, 0.15) is 12.7 Å². The normalized spacial score (nSPS) is 14.6. The van der Waals surface area contributed by atoms with Crippen molar-refractivity contribution in [1.29, 1.82) is 0 Å². The van der Waals surface area contributed by atoms with Gasteiger partial charge in [-0.1, -0.05) is 204 Å². The summed E-state index contributed by atoms with van der Waals surface area (Å²) in [4.78, 5) is 48.4. The van der Waals surface area contributed by atoms with E-state index in [9.17, 15) is 28.9 Å². The van der Waals surface area contributed by atoms with Crippen LogP contribution in [0.1, 0.15) is 175 Å². The Morgan fingerprint density at radius 2 is 0.730 bits per heavy atom. The van der Waals surface area contributed by atoms with Gasteiger partial charge < -0.3 is 24.2 Å². The smallest absolute Gasteiger partial charge is 0.461 e. The summed E-state index contributed by atoms with van der Waals surface area (Å²) in [6.45, 7) is 4.05. The quantitative estimate of drug-likeness (QED) is 0.0197. The second kappa shape index (κ2) is 54.4. The first-order valence-corrected chi connectivity index (χ1v) is 28.9. The summed E-state index contributed by atoms with van der Waals surface area (Å²) in [5.41, 5.74) is 0. The second-order valence-electron chi connectivity index (χ2n) is 17.3. The van der Waals surface area contributed by atoms with E-state index in [0.717, 1.165) is 116 Å². The zero-order valence-corrected chi connectivity index (χ0v) is 46.4. The summed E-state index contributed by atoms with van der Waals surface area (Å²) >= 11 is 0. The molecule has 11 nitrogen and oxygen atoms in total. The lowest BCUT2D eigenvalue weighted by Gasteiger charge is -2.21. The first-order chi connectivity index (χ1) is 36.2. The van der Waals surface area contributed by atoms with Gasteiger partial charge in [0.25, 0.3) is 0 Å². The maximum absolute atomic E-state index is 12.9. The summed E-state index contributed by atoms with van der Waals surface area (Å²) in [5, 5.41) is 9.78. The molecule has 0 aliphatic heterocycles. The minimum Gasteiger partial charge on any atom is -0.461 e. The van der Waals surface area contributed by atoms with Gasteiger partial charge in [0, 0.05) is 12.8 Å². The third-order valence-corrected chi connectivity index (χ3v) is 11.4. The second-order valence-corrected chi connectivity index (χ2v) is 18.7. The molecule has 0 aliphatic rings. The Morgan fingerprint density at radius 3 is 1.16 bits per heavy atom. The van der Waals surface area contributed by atoms with Gasteiger partial charge >= 0.3 is 25.7 Å². The van der Waals surface area contributed by atoms with E-state index >= 15 is 0 Å². The maximum Gasteiger partial charge on any atom is 0.472 e. The molecule has 3 atom stereocenters. The Labute approximate surface area is 447 Å². The molecule has 0 aromatic rings. The Kier molecular flexibility index (Phi) is 50.8. The molecule has 0 aromatic heterocycles. The largest absolute Gasteiger partial charge is 0.472 e. The molecule has 0 radical (unpaired) electrons. The number of aliphatic hydroxyl groups is 1. The van der Waals surface area contributed by atoms with Crippen LogP contribution >= 0.6 is 7.82 Å². The molecule has 414 valence electrons. The minimum absolute atomic E-state index is 0.0230. The average Bonchev–Trinajstić information content (AvgIpc) is 3.39. The molecule has 0 amide bonds. The van der Waals surface area contributed by atoms with E-state index in [1.807, 2.05) is 30.4 Å². The number of hydrogen-bond donors (Lipinski definition) is 2. The third kappa shape index (κ3) is 52.0. The van der Waals surface area contributed by atoms with Crippen LogP contribution in [0.15, 0.2) is 158 Å². The van der Waals surface area contributed by atoms with Crippen LogP contribution in [0.4, 0.5) is 0 Å². The molecular weight excluding hydrogens is 952 g/mol. The number of esters is 3. The van der Waals surface area contributed by atoms with Crippen molar-refractivity contribution in [2.45, 2.75) is 187 Å². The molecule has 3 unspecified atom stereocenters. The summed E-state index contributed by atoms with van der Waals surface area (Å²) < 4.78 is 39.2. The Balaban J connectivity index is 4.95. The Bertz CT molecular complexity index is 1840. The Morgan fingerprint density at radius 1 is 0.392 bits per heavy atom. The predicted molar refractivity (Wildman–Crippen MR) is 306 cm³/mol. The van der Waals surface area contributed by atoms with Gasteiger partial charge in [-0.15, -0.1) is 0 Å². The number of aliphatic hydroxyl groups excluding tert-OH is 1. The molecule has 0 heterocycles. The van der Waals surface area contributed by atoms with Crippen molar-refractivity contribution >= 4 is 25.7 Å². The third-order valence-electron chi connectivity index (χ3n) is 10.5. The van der Waals surface area contributed by atoms with Gasteiger partial charge in [0.2, 0.25) is 0 Å². The van der Waals surface area contributed by atoms with Crippen LogP contribution in [0.3, 0.4) is 0 Å². The van der Waals surface area contributed by atoms with Crippen LogP contribution in [-0.2, 0) is 42.2 Å². The summed E-state index contributed by atoms with van der Waals surface area (Å²) in [7, 11) is -4.80. The van der Waals surface area contributed by atoms with E-state index in [0.29, 0.717) is 19.3 Å². The standard InChI is InChI=1S/C62H95O11P/c1-4-7-10-13-16-19-22-25-27-28-29-30-32-35-38-41-44-47-50-53-62(66)73-59(55-69-60(64)51-48-45-42-39-36-34-31-26-23-20-17-14-11-8-5-2)57-71-74(67,68)70-56-58(54-63)72-61(65)52-49-46-43-40-37-33-24-21-18-15-12-9-6-3/h7-12,16-21,25-27,29-31,33,36-37,39,43,45-46,48,58-59,63H,4-6,13-15,22-24,28,32,34-35,38,40-42,44,47,49-57H2,1-3H3,(H,67,68)/b10-7-,11-8-,12-9-,19-16-,20-17-,21-18-,27-25-,30-29-,31-26-,37-33-,39-36-,46-43-,48-45-. The number of phosphoric ester groups is 1. The monoisotopic (exact) mass is 1050 g/mol. The van der Waals surface area contributed by atoms with E-state index in [4.69, 9.17) is 23.3 Å². The molecule has 0 saturated heterocycles. The summed E-state index contributed by atoms with van der Waals surface area (Å²) in [6, 6.07) is 0. The highest BCUT2D eigenvalue weighted by Gasteiger charge is 2.28. The molecule has 12 heteroatoms. The highest BCUT2D eigenvalue weighted by atomic mass is 31.2. The number of unbranched alkanes of at least 4 members (excludes halogenated alkanes) is 6. The fraction of sp³-hybridized carbons (Fsp3) is 0.532. The molecule has 0 rings (SSSR count). The molecule has 0 spiro atoms. The van der Waals surface area contributed by atoms with Crippen LogP contribution in [-0.4, -0.2) is 66.5 Å². The molecule has 0 saturated carbocycles. The molecule has 0 aromatic carbocycles. The molecule has 2 N–H and O–H groups in total. The van der Waals surface area contributed by atoms with Gasteiger partial charge in [0.05, 0.1) is 26.2 Å². The van der Waals surface area contributed by atoms with Crippen molar-refractivity contribution in [1.82, 2.24) is 0 Å². The van der Waals surface area contributed by atoms with Crippen molar-refractivity contribution in [3.8, 4) is 0 Å². The molecular formula is C62H95O11P. The van der Waals surface area contributed by atoms with Gasteiger partial charge in [-0.05, 0) is 109 Å². The first-order valence-electron chi connectivity index (χ1n) is 27.4. The van der Waals surface area contributed by atoms with Crippen molar-refractivity contribution < 1.29 is 52.2 Å². The van der Waals surface area contributed by atoms with Gasteiger partial charge in [0.15, 0.2) is 6.10 Å². The molecule has 0 aliphatic carbocycles. The van der Waals surface area contributed by atoms with E-state index in [1.54, 1.807) is 6.08 Å². The topological polar surface area (TPSA) is 155 Å². The van der Waals surface area contributed by atoms with Crippen LogP contribution in [0.25, 0.3) is 0 Å². The first kappa shape index (κ1) is 69.1. The van der Waals surface area contributed by atoms with E-state index in [-0.39, 0.29) is 19.3 Å². The number of phosphoric acid groups is 1. The van der Waals surface area contributed by atoms with E-state index < -0.39 is 64.4 Å². The minimum atomic E-state index is -4.80. The average molecular weight is 1050 g/mol. The number of ether oxygens (including phenoxy) is 3. The van der Waals surface area contributed by atoms with Crippen molar-refractivity contribution in [3.05, 3.63) is 158 Å². The zero-order valence-electron chi connectivity index (χ0n) is 45.5. The zero-order chi connectivity index (χ0) is 54.1. The fourth-order valence-electron chi connectivity index (χ4n) is 6.43. The van der Waals surface area contributed by atoms with Crippen LogP contribution < -0.4 is 0 Å². The number of allylic oxidation sites excluding steroid dienone is 25. The SMILES string of the molecule is CC/C=C\C/C=C\C/C=C\C/C=C\C/C=C\CC(=O)OCC(COP(=O)(O)OCC(CO)OC(=O)CC/C=C\C/C=C\C/C=C\C/C=C\CC)OC(=O)CCCCCCCC/C=C\C/C=C\C/C=C\C/C=C\CC. The predicted octanol–water partition coefficient (Wildman–Crippen LogP) is 16.1. The van der Waals surface area contributed by atoms with E-state index in [1.165, 1.54) is 0 Å². The highest BCUT2D eigenvalue weighted by Crippen LogP contribution is 2.43. The number of hydrogen-bond acceptors (Lipinski definition) is 10. The van der Waals surface area contributed by atoms with Crippen molar-refractivity contribution in [3.63, 3.8) is 0 Å². The Hall–Kier alpha value is -4.90. The fourth-order valence-corrected chi connectivity index (χ4v) is 7.22. The van der Waals surface area contributed by atoms with E-state index in [2.05, 4.69) is 142 Å². The molecule has 74 heavy (non-hydrogen) atoms. The lowest BCUT2D eigenvalue weighted by atomic mass is 10.1. The molecule has 0 bridgehead atoms. The lowest BCUT2D eigenvalue weighted by Crippen LogP contribution is -2.30. The lowest BCUT2D eigenvalue weighted by molar-refractivity contribution is -0.161. The summed E-state index contributed by atoms with van der Waals surface area (Å²) in [5.74, 6) is -1.75.